The van der Waals surface area contributed by atoms with Gasteiger partial charge in [-0.15, -0.1) is 0 Å². The molecule has 0 aliphatic heterocycles. The van der Waals surface area contributed by atoms with Crippen LogP contribution >= 0.6 is 0 Å². The molecule has 0 bridgehead atoms. The van der Waals surface area contributed by atoms with Gasteiger partial charge in [0.05, 0.1) is 7.11 Å². The van der Waals surface area contributed by atoms with Gasteiger partial charge in [-0.25, -0.2) is 4.79 Å². The Morgan fingerprint density at radius 2 is 1.48 bits per heavy atom. The molecule has 0 unspecified atom stereocenters. The minimum absolute atomic E-state index is 0.0102. The van der Waals surface area contributed by atoms with Gasteiger partial charge in [-0.3, -0.25) is 4.79 Å². The number of halogens is 3. The number of methoxy groups -OCH3 is 1. The number of ether oxygens (including phenoxy) is 3. The SMILES string of the molecule is COC(=O)COc1ccc(NC(=O)c2ccc(OCC(F)(F)F)cc2)cc1. The Kier molecular flexibility index (Phi) is 6.64. The van der Waals surface area contributed by atoms with Crippen molar-refractivity contribution in [1.82, 2.24) is 0 Å². The van der Waals surface area contributed by atoms with Crippen LogP contribution in [0.2, 0.25) is 0 Å². The maximum absolute atomic E-state index is 12.2. The Balaban J connectivity index is 1.90. The van der Waals surface area contributed by atoms with Crippen molar-refractivity contribution in [2.24, 2.45) is 0 Å². The number of rotatable bonds is 7. The van der Waals surface area contributed by atoms with E-state index in [-0.39, 0.29) is 17.9 Å². The predicted molar refractivity (Wildman–Crippen MR) is 89.9 cm³/mol. The third kappa shape index (κ3) is 6.89. The highest BCUT2D eigenvalue weighted by Crippen LogP contribution is 2.20. The Morgan fingerprint density at radius 3 is 2.04 bits per heavy atom. The molecule has 0 heterocycles. The van der Waals surface area contributed by atoms with Gasteiger partial charge in [0.1, 0.15) is 11.5 Å². The van der Waals surface area contributed by atoms with Crippen LogP contribution in [0.3, 0.4) is 0 Å². The monoisotopic (exact) mass is 383 g/mol. The molecule has 0 saturated heterocycles. The van der Waals surface area contributed by atoms with Crippen molar-refractivity contribution in [2.45, 2.75) is 6.18 Å². The lowest BCUT2D eigenvalue weighted by molar-refractivity contribution is -0.153. The van der Waals surface area contributed by atoms with Gasteiger partial charge in [-0.1, -0.05) is 0 Å². The van der Waals surface area contributed by atoms with Gasteiger partial charge in [-0.05, 0) is 48.5 Å². The first-order valence-electron chi connectivity index (χ1n) is 7.67. The van der Waals surface area contributed by atoms with Crippen LogP contribution in [0.4, 0.5) is 18.9 Å². The quantitative estimate of drug-likeness (QED) is 0.742. The molecule has 0 radical (unpaired) electrons. The van der Waals surface area contributed by atoms with Gasteiger partial charge in [-0.2, -0.15) is 13.2 Å². The first-order valence-corrected chi connectivity index (χ1v) is 7.67. The van der Waals surface area contributed by atoms with Crippen molar-refractivity contribution in [3.05, 3.63) is 54.1 Å². The second-order valence-corrected chi connectivity index (χ2v) is 5.27. The number of amides is 1. The Hall–Kier alpha value is -3.23. The fourth-order valence-electron chi connectivity index (χ4n) is 1.91. The molecule has 0 fully saturated rings. The first kappa shape index (κ1) is 20.1. The summed E-state index contributed by atoms with van der Waals surface area (Å²) in [5.74, 6) is -0.531. The van der Waals surface area contributed by atoms with Crippen LogP contribution in [0.15, 0.2) is 48.5 Å². The minimum Gasteiger partial charge on any atom is -0.484 e. The fraction of sp³-hybridized carbons (Fsp3) is 0.222. The molecule has 2 rings (SSSR count). The zero-order valence-electron chi connectivity index (χ0n) is 14.2. The van der Waals surface area contributed by atoms with Crippen molar-refractivity contribution in [2.75, 3.05) is 25.6 Å². The summed E-state index contributed by atoms with van der Waals surface area (Å²) in [6, 6.07) is 11.6. The molecule has 0 atom stereocenters. The van der Waals surface area contributed by atoms with Crippen molar-refractivity contribution in [3.8, 4) is 11.5 Å². The molecule has 27 heavy (non-hydrogen) atoms. The van der Waals surface area contributed by atoms with Crippen LogP contribution in [0.5, 0.6) is 11.5 Å². The number of esters is 1. The largest absolute Gasteiger partial charge is 0.484 e. The highest BCUT2D eigenvalue weighted by Gasteiger charge is 2.28. The lowest BCUT2D eigenvalue weighted by atomic mass is 10.2. The zero-order valence-corrected chi connectivity index (χ0v) is 14.2. The topological polar surface area (TPSA) is 73.9 Å². The van der Waals surface area contributed by atoms with E-state index in [1.807, 2.05) is 0 Å². The number of carbonyl (C=O) groups is 2. The summed E-state index contributed by atoms with van der Waals surface area (Å²) in [5.41, 5.74) is 0.725. The van der Waals surface area contributed by atoms with E-state index >= 15 is 0 Å². The average molecular weight is 383 g/mol. The first-order chi connectivity index (χ1) is 12.8. The molecule has 0 aliphatic carbocycles. The zero-order chi connectivity index (χ0) is 19.9. The lowest BCUT2D eigenvalue weighted by Gasteiger charge is -2.10. The molecule has 2 aromatic rings. The summed E-state index contributed by atoms with van der Waals surface area (Å²) >= 11 is 0. The number of nitrogens with one attached hydrogen (secondary N) is 1. The summed E-state index contributed by atoms with van der Waals surface area (Å²) in [5, 5.41) is 2.63. The van der Waals surface area contributed by atoms with Gasteiger partial charge < -0.3 is 19.5 Å². The Morgan fingerprint density at radius 1 is 0.926 bits per heavy atom. The van der Waals surface area contributed by atoms with Gasteiger partial charge in [0.15, 0.2) is 13.2 Å². The van der Waals surface area contributed by atoms with E-state index in [2.05, 4.69) is 14.8 Å². The third-order valence-electron chi connectivity index (χ3n) is 3.22. The van der Waals surface area contributed by atoms with Gasteiger partial charge in [0.2, 0.25) is 0 Å². The Bertz CT molecular complexity index is 773. The van der Waals surface area contributed by atoms with Crippen molar-refractivity contribution in [1.29, 1.82) is 0 Å². The molecular weight excluding hydrogens is 367 g/mol. The molecule has 1 amide bonds. The van der Waals surface area contributed by atoms with Crippen molar-refractivity contribution < 1.29 is 37.0 Å². The van der Waals surface area contributed by atoms with Crippen LogP contribution in [-0.2, 0) is 9.53 Å². The number of benzene rings is 2. The lowest BCUT2D eigenvalue weighted by Crippen LogP contribution is -2.19. The number of carbonyl (C=O) groups excluding carboxylic acids is 2. The van der Waals surface area contributed by atoms with E-state index in [0.717, 1.165) is 0 Å². The van der Waals surface area contributed by atoms with Crippen molar-refractivity contribution in [3.63, 3.8) is 0 Å². The van der Waals surface area contributed by atoms with E-state index < -0.39 is 24.7 Å². The van der Waals surface area contributed by atoms with Crippen LogP contribution in [0.25, 0.3) is 0 Å². The average Bonchev–Trinajstić information content (AvgIpc) is 2.65. The maximum atomic E-state index is 12.2. The third-order valence-corrected chi connectivity index (χ3v) is 3.22. The van der Waals surface area contributed by atoms with E-state index in [9.17, 15) is 22.8 Å². The molecular formula is C18H16F3NO5. The van der Waals surface area contributed by atoms with E-state index in [1.165, 1.54) is 31.4 Å². The number of hydrogen-bond donors (Lipinski definition) is 1. The Labute approximate surface area is 152 Å². The molecule has 0 aliphatic rings. The predicted octanol–water partition coefficient (Wildman–Crippen LogP) is 3.43. The summed E-state index contributed by atoms with van der Waals surface area (Å²) in [4.78, 5) is 23.2. The van der Waals surface area contributed by atoms with E-state index in [0.29, 0.717) is 11.4 Å². The molecule has 0 spiro atoms. The summed E-state index contributed by atoms with van der Waals surface area (Å²) in [6.45, 7) is -1.63. The highest BCUT2D eigenvalue weighted by molar-refractivity contribution is 6.04. The van der Waals surface area contributed by atoms with Crippen LogP contribution in [0.1, 0.15) is 10.4 Å². The fourth-order valence-corrected chi connectivity index (χ4v) is 1.91. The summed E-state index contributed by atoms with van der Waals surface area (Å²) < 4.78 is 50.5. The molecule has 144 valence electrons. The van der Waals surface area contributed by atoms with Gasteiger partial charge >= 0.3 is 12.1 Å². The smallest absolute Gasteiger partial charge is 0.422 e. The number of anilines is 1. The number of alkyl halides is 3. The molecule has 6 nitrogen and oxygen atoms in total. The minimum atomic E-state index is -4.43. The van der Waals surface area contributed by atoms with E-state index in [4.69, 9.17) is 4.74 Å². The normalized spacial score (nSPS) is 10.8. The molecule has 2 aromatic carbocycles. The van der Waals surface area contributed by atoms with Crippen LogP contribution < -0.4 is 14.8 Å². The summed E-state index contributed by atoms with van der Waals surface area (Å²) in [6.07, 6.45) is -4.43. The van der Waals surface area contributed by atoms with Gasteiger partial charge in [0, 0.05) is 11.3 Å². The summed E-state index contributed by atoms with van der Waals surface area (Å²) in [7, 11) is 1.25. The molecule has 0 saturated carbocycles. The van der Waals surface area contributed by atoms with Crippen LogP contribution in [0, 0.1) is 0 Å². The highest BCUT2D eigenvalue weighted by atomic mass is 19.4. The second kappa shape index (κ2) is 8.93. The molecule has 1 N–H and O–H groups in total. The molecule has 0 aromatic heterocycles. The van der Waals surface area contributed by atoms with Crippen LogP contribution in [-0.4, -0.2) is 38.4 Å². The van der Waals surface area contributed by atoms with E-state index in [1.54, 1.807) is 24.3 Å². The standard InChI is InChI=1S/C18H16F3NO5/c1-25-16(23)10-26-14-8-4-13(5-9-14)22-17(24)12-2-6-15(7-3-12)27-11-18(19,20)21/h2-9H,10-11H2,1H3,(H,22,24). The molecule has 9 heteroatoms. The maximum Gasteiger partial charge on any atom is 0.422 e. The second-order valence-electron chi connectivity index (χ2n) is 5.27. The van der Waals surface area contributed by atoms with Gasteiger partial charge in [0.25, 0.3) is 5.91 Å². The van der Waals surface area contributed by atoms with Crippen molar-refractivity contribution >= 4 is 17.6 Å². The number of hydrogen-bond acceptors (Lipinski definition) is 5.